The highest BCUT2D eigenvalue weighted by molar-refractivity contribution is 7.81. The van der Waals surface area contributed by atoms with Crippen LogP contribution in [0.5, 0.6) is 11.5 Å². The molecule has 0 fully saturated rings. The molecule has 0 spiro atoms. The molecule has 132 valence electrons. The van der Waals surface area contributed by atoms with Crippen LogP contribution in [0.4, 0.5) is 3.89 Å². The summed E-state index contributed by atoms with van der Waals surface area (Å²) < 4.78 is 42.9. The van der Waals surface area contributed by atoms with Gasteiger partial charge in [-0.3, -0.25) is 4.99 Å². The molecule has 0 aliphatic rings. The molecule has 0 saturated heterocycles. The Bertz CT molecular complexity index is 863. The Morgan fingerprint density at radius 3 is 2.24 bits per heavy atom. The Hall–Kier alpha value is -2.94. The van der Waals surface area contributed by atoms with Crippen LogP contribution >= 0.6 is 0 Å². The zero-order valence-corrected chi connectivity index (χ0v) is 14.1. The van der Waals surface area contributed by atoms with E-state index in [2.05, 4.69) is 14.3 Å². The number of nitrogens with zero attached hydrogens (tertiary/aromatic N) is 2. The highest BCUT2D eigenvalue weighted by Gasteiger charge is 2.09. The number of nitrogens with two attached hydrogens (primary N) is 1. The molecule has 0 unspecified atom stereocenters. The van der Waals surface area contributed by atoms with Crippen LogP contribution in [0.2, 0.25) is 0 Å². The van der Waals surface area contributed by atoms with Crippen LogP contribution in [0.1, 0.15) is 11.1 Å². The lowest BCUT2D eigenvalue weighted by Crippen LogP contribution is -2.06. The van der Waals surface area contributed by atoms with Gasteiger partial charge in [0.2, 0.25) is 0 Å². The Morgan fingerprint density at radius 1 is 1.12 bits per heavy atom. The van der Waals surface area contributed by atoms with Crippen molar-refractivity contribution < 1.29 is 21.2 Å². The standard InChI is InChI=1S/C16H16FN3O4S/c1-19-10-16(20-18)13-4-2-12(3-5-13)11-23-14-6-8-15(9-7-14)24-25(17,21)22/h2-10H,11,18H2,1H3/b19-10?,20-16+. The van der Waals surface area contributed by atoms with E-state index in [0.717, 1.165) is 11.1 Å². The van der Waals surface area contributed by atoms with E-state index in [4.69, 9.17) is 10.6 Å². The summed E-state index contributed by atoms with van der Waals surface area (Å²) in [6.45, 7) is 0.291. The minimum atomic E-state index is -5.03. The molecule has 0 amide bonds. The van der Waals surface area contributed by atoms with Gasteiger partial charge in [-0.15, -0.1) is 0 Å². The molecular formula is C16H16FN3O4S. The van der Waals surface area contributed by atoms with Gasteiger partial charge < -0.3 is 14.8 Å². The number of hydrazone groups is 1. The second-order valence-corrected chi connectivity index (χ2v) is 5.79. The van der Waals surface area contributed by atoms with Gasteiger partial charge in [0.05, 0.1) is 0 Å². The molecule has 0 atom stereocenters. The van der Waals surface area contributed by atoms with Gasteiger partial charge in [0.15, 0.2) is 0 Å². The first kappa shape index (κ1) is 18.4. The SMILES string of the molecule is CN=C/C(=N\N)c1ccc(COc2ccc(OS(=O)(=O)F)cc2)cc1. The lowest BCUT2D eigenvalue weighted by atomic mass is 10.1. The number of rotatable bonds is 7. The molecule has 2 aromatic carbocycles. The second kappa shape index (κ2) is 8.25. The van der Waals surface area contributed by atoms with Gasteiger partial charge in [0, 0.05) is 18.8 Å². The normalized spacial score (nSPS) is 12.3. The second-order valence-electron chi connectivity index (χ2n) is 4.84. The van der Waals surface area contributed by atoms with Gasteiger partial charge in [0.1, 0.15) is 23.8 Å². The molecule has 0 radical (unpaired) electrons. The van der Waals surface area contributed by atoms with E-state index < -0.39 is 10.5 Å². The summed E-state index contributed by atoms with van der Waals surface area (Å²) >= 11 is 0. The van der Waals surface area contributed by atoms with Gasteiger partial charge >= 0.3 is 10.5 Å². The molecule has 2 aromatic rings. The fraction of sp³-hybridized carbons (Fsp3) is 0.125. The van der Waals surface area contributed by atoms with E-state index in [0.29, 0.717) is 18.1 Å². The zero-order chi connectivity index (χ0) is 18.3. The summed E-state index contributed by atoms with van der Waals surface area (Å²) in [7, 11) is -3.40. The Kier molecular flexibility index (Phi) is 6.07. The van der Waals surface area contributed by atoms with Crippen molar-refractivity contribution >= 4 is 22.4 Å². The number of ether oxygens (including phenoxy) is 1. The number of hydrogen-bond acceptors (Lipinski definition) is 7. The first-order chi connectivity index (χ1) is 11.9. The van der Waals surface area contributed by atoms with Gasteiger partial charge in [-0.1, -0.05) is 28.2 Å². The lowest BCUT2D eigenvalue weighted by molar-refractivity contribution is 0.306. The highest BCUT2D eigenvalue weighted by atomic mass is 32.3. The fourth-order valence-electron chi connectivity index (χ4n) is 1.95. The third-order valence-electron chi connectivity index (χ3n) is 3.07. The molecule has 0 saturated carbocycles. The van der Waals surface area contributed by atoms with Crippen molar-refractivity contribution in [2.75, 3.05) is 7.05 Å². The molecule has 0 aliphatic carbocycles. The molecular weight excluding hydrogens is 349 g/mol. The van der Waals surface area contributed by atoms with Gasteiger partial charge in [0.25, 0.3) is 0 Å². The maximum Gasteiger partial charge on any atom is 0.488 e. The van der Waals surface area contributed by atoms with Crippen LogP contribution in [0, 0.1) is 0 Å². The Labute approximate surface area is 145 Å². The molecule has 7 nitrogen and oxygen atoms in total. The molecule has 25 heavy (non-hydrogen) atoms. The van der Waals surface area contributed by atoms with Crippen molar-refractivity contribution in [2.24, 2.45) is 15.9 Å². The Morgan fingerprint density at radius 2 is 1.72 bits per heavy atom. The van der Waals surface area contributed by atoms with Crippen LogP contribution in [0.25, 0.3) is 0 Å². The van der Waals surface area contributed by atoms with E-state index in [9.17, 15) is 12.3 Å². The maximum atomic E-state index is 12.4. The third-order valence-corrected chi connectivity index (χ3v) is 3.46. The van der Waals surface area contributed by atoms with Crippen molar-refractivity contribution in [3.63, 3.8) is 0 Å². The minimum absolute atomic E-state index is 0.134. The molecule has 0 aliphatic heterocycles. The van der Waals surface area contributed by atoms with Crippen molar-refractivity contribution in [3.05, 3.63) is 59.7 Å². The first-order valence-corrected chi connectivity index (χ1v) is 8.38. The highest BCUT2D eigenvalue weighted by Crippen LogP contribution is 2.20. The van der Waals surface area contributed by atoms with E-state index >= 15 is 0 Å². The van der Waals surface area contributed by atoms with Crippen LogP contribution in [-0.4, -0.2) is 27.4 Å². The molecule has 0 aromatic heterocycles. The molecule has 0 bridgehead atoms. The number of benzene rings is 2. The van der Waals surface area contributed by atoms with E-state index in [-0.39, 0.29) is 5.75 Å². The van der Waals surface area contributed by atoms with Gasteiger partial charge in [-0.05, 0) is 29.8 Å². The zero-order valence-electron chi connectivity index (χ0n) is 13.3. The monoisotopic (exact) mass is 365 g/mol. The van der Waals surface area contributed by atoms with Crippen molar-refractivity contribution in [3.8, 4) is 11.5 Å². The van der Waals surface area contributed by atoms with Gasteiger partial charge in [-0.25, -0.2) is 0 Å². The van der Waals surface area contributed by atoms with Crippen molar-refractivity contribution in [1.82, 2.24) is 0 Å². The summed E-state index contributed by atoms with van der Waals surface area (Å²) in [5.41, 5.74) is 2.29. The topological polar surface area (TPSA) is 103 Å². The Balaban J connectivity index is 1.97. The molecule has 2 rings (SSSR count). The van der Waals surface area contributed by atoms with Crippen LogP contribution in [-0.2, 0) is 17.1 Å². The summed E-state index contributed by atoms with van der Waals surface area (Å²) in [5, 5.41) is 3.66. The van der Waals surface area contributed by atoms with Crippen LogP contribution < -0.4 is 14.8 Å². The average molecular weight is 365 g/mol. The van der Waals surface area contributed by atoms with Gasteiger partial charge in [-0.2, -0.15) is 13.5 Å². The summed E-state index contributed by atoms with van der Waals surface area (Å²) in [6, 6.07) is 12.9. The number of hydrogen-bond donors (Lipinski definition) is 1. The predicted octanol–water partition coefficient (Wildman–Crippen LogP) is 2.22. The predicted molar refractivity (Wildman–Crippen MR) is 93.0 cm³/mol. The minimum Gasteiger partial charge on any atom is -0.489 e. The maximum absolute atomic E-state index is 12.4. The van der Waals surface area contributed by atoms with E-state index in [1.165, 1.54) is 24.3 Å². The lowest BCUT2D eigenvalue weighted by Gasteiger charge is -2.08. The summed E-state index contributed by atoms with van der Waals surface area (Å²) in [4.78, 5) is 3.88. The van der Waals surface area contributed by atoms with E-state index in [1.807, 2.05) is 24.3 Å². The number of aliphatic imine (C=N–C) groups is 1. The smallest absolute Gasteiger partial charge is 0.488 e. The third kappa shape index (κ3) is 5.88. The average Bonchev–Trinajstić information content (AvgIpc) is 2.58. The van der Waals surface area contributed by atoms with Crippen LogP contribution in [0.15, 0.2) is 58.6 Å². The molecule has 2 N–H and O–H groups in total. The van der Waals surface area contributed by atoms with Crippen molar-refractivity contribution in [2.45, 2.75) is 6.61 Å². The summed E-state index contributed by atoms with van der Waals surface area (Å²) in [6.07, 6.45) is 1.56. The first-order valence-electron chi connectivity index (χ1n) is 7.07. The number of halogens is 1. The van der Waals surface area contributed by atoms with Crippen LogP contribution in [0.3, 0.4) is 0 Å². The van der Waals surface area contributed by atoms with Crippen molar-refractivity contribution in [1.29, 1.82) is 0 Å². The fourth-order valence-corrected chi connectivity index (χ4v) is 2.29. The molecule has 9 heteroatoms. The van der Waals surface area contributed by atoms with E-state index in [1.54, 1.807) is 13.3 Å². The molecule has 0 heterocycles. The quantitative estimate of drug-likeness (QED) is 0.351. The summed E-state index contributed by atoms with van der Waals surface area (Å²) in [5.74, 6) is 5.66. The largest absolute Gasteiger partial charge is 0.489 e.